The third kappa shape index (κ3) is 5.40. The fourth-order valence-corrected chi connectivity index (χ4v) is 5.46. The van der Waals surface area contributed by atoms with Gasteiger partial charge in [-0.2, -0.15) is 0 Å². The Morgan fingerprint density at radius 1 is 0.897 bits per heavy atom. The van der Waals surface area contributed by atoms with Gasteiger partial charge in [-0.05, 0) is 55.3 Å². The molecule has 1 aliphatic heterocycles. The zero-order chi connectivity index (χ0) is 27.5. The Morgan fingerprint density at radius 3 is 2.28 bits per heavy atom. The number of urea groups is 1. The number of benzene rings is 3. The van der Waals surface area contributed by atoms with E-state index in [1.807, 2.05) is 61.3 Å². The third-order valence-electron chi connectivity index (χ3n) is 6.97. The summed E-state index contributed by atoms with van der Waals surface area (Å²) >= 11 is 12.6. The summed E-state index contributed by atoms with van der Waals surface area (Å²) in [6.45, 7) is 4.40. The number of unbranched alkanes of at least 4 members (excludes halogenated alkanes) is 1. The lowest BCUT2D eigenvalue weighted by Crippen LogP contribution is -2.48. The standard InChI is InChI=1S/C31H30Cl2N4O2/c1-3-4-18-35(31(39)34-29-23(32)9-7-10-24(29)33)20-28(38)37-26-12-6-5-11-25(26)36-19-8-13-27(36)30(37)22-16-14-21(2)15-17-22/h5-17,19,30H,3-4,18,20H2,1-2H3,(H,34,39)/t30-/m0/s1. The van der Waals surface area contributed by atoms with Crippen LogP contribution in [0.15, 0.2) is 85.1 Å². The first-order chi connectivity index (χ1) is 18.9. The largest absolute Gasteiger partial charge is 0.322 e. The second-order valence-electron chi connectivity index (χ2n) is 9.67. The first kappa shape index (κ1) is 26.9. The number of fused-ring (bicyclic) bond motifs is 3. The van der Waals surface area contributed by atoms with Gasteiger partial charge in [0.1, 0.15) is 12.6 Å². The van der Waals surface area contributed by atoms with Crippen LogP contribution in [-0.4, -0.2) is 34.5 Å². The normalized spacial score (nSPS) is 13.9. The summed E-state index contributed by atoms with van der Waals surface area (Å²) < 4.78 is 2.13. The molecular weight excluding hydrogens is 531 g/mol. The van der Waals surface area contributed by atoms with Gasteiger partial charge >= 0.3 is 6.03 Å². The molecule has 1 aromatic heterocycles. The van der Waals surface area contributed by atoms with Crippen molar-refractivity contribution in [1.29, 1.82) is 0 Å². The Morgan fingerprint density at radius 2 is 1.59 bits per heavy atom. The molecule has 3 amide bonds. The van der Waals surface area contributed by atoms with Crippen molar-refractivity contribution in [2.24, 2.45) is 0 Å². The maximum absolute atomic E-state index is 14.3. The average molecular weight is 562 g/mol. The van der Waals surface area contributed by atoms with Crippen LogP contribution in [0.4, 0.5) is 16.2 Å². The van der Waals surface area contributed by atoms with Crippen LogP contribution < -0.4 is 10.2 Å². The number of carbonyl (C=O) groups excluding carboxylic acids is 2. The van der Waals surface area contributed by atoms with E-state index in [-0.39, 0.29) is 18.5 Å². The molecule has 39 heavy (non-hydrogen) atoms. The van der Waals surface area contributed by atoms with E-state index in [0.29, 0.717) is 22.3 Å². The van der Waals surface area contributed by atoms with Crippen molar-refractivity contribution < 1.29 is 9.59 Å². The SMILES string of the molecule is CCCCN(CC(=O)N1c2ccccc2-n2cccc2[C@@H]1c1ccc(C)cc1)C(=O)Nc1c(Cl)cccc1Cl. The summed E-state index contributed by atoms with van der Waals surface area (Å²) in [5.41, 5.74) is 5.17. The van der Waals surface area contributed by atoms with E-state index < -0.39 is 6.03 Å². The summed E-state index contributed by atoms with van der Waals surface area (Å²) in [5.74, 6) is -0.183. The lowest BCUT2D eigenvalue weighted by Gasteiger charge is -2.39. The first-order valence-electron chi connectivity index (χ1n) is 13.0. The number of carbonyl (C=O) groups is 2. The number of nitrogens with zero attached hydrogens (tertiary/aromatic N) is 3. The van der Waals surface area contributed by atoms with Crippen molar-refractivity contribution in [2.45, 2.75) is 32.7 Å². The molecule has 3 aromatic carbocycles. The number of nitrogens with one attached hydrogen (secondary N) is 1. The maximum atomic E-state index is 14.3. The van der Waals surface area contributed by atoms with Gasteiger partial charge in [0.25, 0.3) is 0 Å². The highest BCUT2D eigenvalue weighted by Crippen LogP contribution is 2.42. The van der Waals surface area contributed by atoms with Crippen LogP contribution in [0.5, 0.6) is 0 Å². The Hall–Kier alpha value is -3.74. The molecule has 0 unspecified atom stereocenters. The number of halogens is 2. The molecule has 0 saturated heterocycles. The number of anilines is 2. The monoisotopic (exact) mass is 560 g/mol. The molecule has 0 saturated carbocycles. The lowest BCUT2D eigenvalue weighted by molar-refractivity contribution is -0.119. The molecule has 0 spiro atoms. The Bertz CT molecular complexity index is 1480. The third-order valence-corrected chi connectivity index (χ3v) is 7.60. The van der Waals surface area contributed by atoms with E-state index in [1.54, 1.807) is 18.2 Å². The number of para-hydroxylation sites is 3. The predicted molar refractivity (Wildman–Crippen MR) is 158 cm³/mol. The van der Waals surface area contributed by atoms with Crippen LogP contribution >= 0.6 is 23.2 Å². The minimum atomic E-state index is -0.424. The second-order valence-corrected chi connectivity index (χ2v) is 10.5. The number of amides is 3. The smallest absolute Gasteiger partial charge is 0.316 e. The number of aromatic nitrogens is 1. The minimum Gasteiger partial charge on any atom is -0.316 e. The van der Waals surface area contributed by atoms with Gasteiger partial charge in [0, 0.05) is 12.7 Å². The molecular formula is C31H30Cl2N4O2. The molecule has 1 N–H and O–H groups in total. The molecule has 0 fully saturated rings. The zero-order valence-electron chi connectivity index (χ0n) is 21.9. The molecule has 0 radical (unpaired) electrons. The Labute approximate surface area is 238 Å². The topological polar surface area (TPSA) is 57.6 Å². The highest BCUT2D eigenvalue weighted by molar-refractivity contribution is 6.39. The van der Waals surface area contributed by atoms with Gasteiger partial charge in [-0.25, -0.2) is 4.79 Å². The van der Waals surface area contributed by atoms with Crippen molar-refractivity contribution in [3.8, 4) is 5.69 Å². The van der Waals surface area contributed by atoms with Gasteiger partial charge in [-0.3, -0.25) is 9.69 Å². The second kappa shape index (κ2) is 11.6. The van der Waals surface area contributed by atoms with Gasteiger partial charge in [0.05, 0.1) is 32.8 Å². The molecule has 2 heterocycles. The van der Waals surface area contributed by atoms with E-state index in [4.69, 9.17) is 23.2 Å². The molecule has 0 aliphatic carbocycles. The van der Waals surface area contributed by atoms with Crippen LogP contribution in [0.25, 0.3) is 5.69 Å². The Balaban J connectivity index is 1.51. The van der Waals surface area contributed by atoms with E-state index in [1.165, 1.54) is 4.90 Å². The van der Waals surface area contributed by atoms with Crippen molar-refractivity contribution in [2.75, 3.05) is 23.3 Å². The highest BCUT2D eigenvalue weighted by atomic mass is 35.5. The summed E-state index contributed by atoms with van der Waals surface area (Å²) in [4.78, 5) is 31.1. The van der Waals surface area contributed by atoms with Gasteiger partial charge < -0.3 is 14.8 Å². The first-order valence-corrected chi connectivity index (χ1v) is 13.8. The van der Waals surface area contributed by atoms with E-state index in [2.05, 4.69) is 34.1 Å². The van der Waals surface area contributed by atoms with E-state index >= 15 is 0 Å². The van der Waals surface area contributed by atoms with Crippen LogP contribution in [0.3, 0.4) is 0 Å². The van der Waals surface area contributed by atoms with Gasteiger partial charge in [0.15, 0.2) is 0 Å². The number of rotatable bonds is 7. The molecule has 1 atom stereocenters. The fourth-order valence-electron chi connectivity index (χ4n) is 4.97. The summed E-state index contributed by atoms with van der Waals surface area (Å²) in [6, 6.07) is 24.4. The average Bonchev–Trinajstić information content (AvgIpc) is 3.43. The van der Waals surface area contributed by atoms with Crippen LogP contribution in [-0.2, 0) is 4.79 Å². The highest BCUT2D eigenvalue weighted by Gasteiger charge is 2.37. The van der Waals surface area contributed by atoms with Crippen molar-refractivity contribution >= 4 is 46.5 Å². The van der Waals surface area contributed by atoms with Crippen LogP contribution in [0.2, 0.25) is 10.0 Å². The Kier molecular flexibility index (Phi) is 7.96. The number of hydrogen-bond acceptors (Lipinski definition) is 2. The van der Waals surface area contributed by atoms with Crippen molar-refractivity contribution in [3.63, 3.8) is 0 Å². The molecule has 6 nitrogen and oxygen atoms in total. The van der Waals surface area contributed by atoms with Crippen LogP contribution in [0, 0.1) is 6.92 Å². The molecule has 1 aliphatic rings. The molecule has 5 rings (SSSR count). The zero-order valence-corrected chi connectivity index (χ0v) is 23.4. The molecule has 8 heteroatoms. The minimum absolute atomic E-state index is 0.106. The van der Waals surface area contributed by atoms with Gasteiger partial charge in [-0.15, -0.1) is 0 Å². The van der Waals surface area contributed by atoms with E-state index in [9.17, 15) is 9.59 Å². The molecule has 0 bridgehead atoms. The van der Waals surface area contributed by atoms with E-state index in [0.717, 1.165) is 41.0 Å². The van der Waals surface area contributed by atoms with Crippen molar-refractivity contribution in [3.05, 3.63) is 112 Å². The number of aryl methyl sites for hydroxylation is 1. The fraction of sp³-hybridized carbons (Fsp3) is 0.226. The van der Waals surface area contributed by atoms with Gasteiger partial charge in [0.2, 0.25) is 5.91 Å². The predicted octanol–water partition coefficient (Wildman–Crippen LogP) is 7.86. The van der Waals surface area contributed by atoms with Crippen molar-refractivity contribution in [1.82, 2.24) is 9.47 Å². The number of hydrogen-bond donors (Lipinski definition) is 1. The quantitative estimate of drug-likeness (QED) is 0.250. The molecule has 4 aromatic rings. The molecule has 200 valence electrons. The summed E-state index contributed by atoms with van der Waals surface area (Å²) in [6.07, 6.45) is 3.64. The maximum Gasteiger partial charge on any atom is 0.322 e. The summed E-state index contributed by atoms with van der Waals surface area (Å²) in [7, 11) is 0. The summed E-state index contributed by atoms with van der Waals surface area (Å²) in [5, 5.41) is 3.50. The lowest BCUT2D eigenvalue weighted by atomic mass is 9.97. The van der Waals surface area contributed by atoms with Gasteiger partial charge in [-0.1, -0.05) is 84.6 Å². The van der Waals surface area contributed by atoms with Crippen LogP contribution in [0.1, 0.15) is 42.6 Å².